The van der Waals surface area contributed by atoms with Gasteiger partial charge in [-0.25, -0.2) is 9.78 Å². The van der Waals surface area contributed by atoms with Crippen LogP contribution in [-0.2, 0) is 16.1 Å². The molecule has 2 aromatic heterocycles. The van der Waals surface area contributed by atoms with Crippen molar-refractivity contribution in [2.75, 3.05) is 13.7 Å². The Balaban J connectivity index is 1.45. The summed E-state index contributed by atoms with van der Waals surface area (Å²) in [6.45, 7) is -0.0933. The van der Waals surface area contributed by atoms with E-state index in [1.807, 2.05) is 36.4 Å². The first-order chi connectivity index (χ1) is 15.1. The Kier molecular flexibility index (Phi) is 5.93. The molecule has 0 saturated heterocycles. The molecule has 0 fully saturated rings. The monoisotopic (exact) mass is 416 g/mol. The average molecular weight is 416 g/mol. The summed E-state index contributed by atoms with van der Waals surface area (Å²) in [6.07, 6.45) is 1.54. The van der Waals surface area contributed by atoms with Gasteiger partial charge in [-0.2, -0.15) is 0 Å². The smallest absolute Gasteiger partial charge is 0.339 e. The Labute approximate surface area is 178 Å². The lowest BCUT2D eigenvalue weighted by Gasteiger charge is -2.10. The highest BCUT2D eigenvalue weighted by Gasteiger charge is 2.17. The average Bonchev–Trinajstić information content (AvgIpc) is 3.35. The maximum Gasteiger partial charge on any atom is 0.339 e. The first-order valence-corrected chi connectivity index (χ1v) is 9.64. The molecule has 31 heavy (non-hydrogen) atoms. The summed E-state index contributed by atoms with van der Waals surface area (Å²) in [5, 5.41) is 3.37. The predicted octanol–water partition coefficient (Wildman–Crippen LogP) is 3.98. The van der Waals surface area contributed by atoms with Gasteiger partial charge in [0.2, 0.25) is 0 Å². The molecule has 0 saturated carbocycles. The van der Waals surface area contributed by atoms with Crippen molar-refractivity contribution in [1.82, 2.24) is 10.3 Å². The molecule has 0 atom stereocenters. The summed E-state index contributed by atoms with van der Waals surface area (Å²) in [6, 6.07) is 19.7. The van der Waals surface area contributed by atoms with Crippen LogP contribution >= 0.6 is 0 Å². The van der Waals surface area contributed by atoms with Gasteiger partial charge < -0.3 is 19.2 Å². The molecule has 2 heterocycles. The number of pyridine rings is 1. The quantitative estimate of drug-likeness (QED) is 0.459. The van der Waals surface area contributed by atoms with Crippen LogP contribution in [0.4, 0.5) is 0 Å². The molecule has 0 aliphatic heterocycles. The van der Waals surface area contributed by atoms with Gasteiger partial charge in [0.15, 0.2) is 12.4 Å². The van der Waals surface area contributed by atoms with E-state index in [4.69, 9.17) is 13.9 Å². The van der Waals surface area contributed by atoms with E-state index >= 15 is 0 Å². The summed E-state index contributed by atoms with van der Waals surface area (Å²) in [5.74, 6) is 0.231. The highest BCUT2D eigenvalue weighted by molar-refractivity contribution is 6.05. The number of para-hydroxylation sites is 1. The zero-order valence-electron chi connectivity index (χ0n) is 16.8. The van der Waals surface area contributed by atoms with Crippen molar-refractivity contribution in [3.05, 3.63) is 84.1 Å². The van der Waals surface area contributed by atoms with Crippen LogP contribution in [0.5, 0.6) is 5.75 Å². The fourth-order valence-corrected chi connectivity index (χ4v) is 3.14. The van der Waals surface area contributed by atoms with Crippen molar-refractivity contribution < 1.29 is 23.5 Å². The van der Waals surface area contributed by atoms with Crippen LogP contribution < -0.4 is 10.1 Å². The van der Waals surface area contributed by atoms with Crippen LogP contribution in [0.15, 0.2) is 77.4 Å². The third kappa shape index (κ3) is 4.72. The maximum atomic E-state index is 12.8. The topological polar surface area (TPSA) is 90.7 Å². The molecule has 0 aliphatic carbocycles. The second-order valence-corrected chi connectivity index (χ2v) is 6.75. The molecule has 0 spiro atoms. The van der Waals surface area contributed by atoms with Gasteiger partial charge in [0.05, 0.1) is 24.5 Å². The van der Waals surface area contributed by atoms with Crippen LogP contribution in [0, 0.1) is 0 Å². The normalized spacial score (nSPS) is 10.6. The molecule has 1 amide bonds. The molecule has 7 nitrogen and oxygen atoms in total. The van der Waals surface area contributed by atoms with E-state index in [0.717, 1.165) is 5.56 Å². The van der Waals surface area contributed by atoms with E-state index in [1.54, 1.807) is 37.4 Å². The minimum atomic E-state index is -0.608. The molecule has 7 heteroatoms. The SMILES string of the molecule is COc1cccc(CNC(=O)COC(=O)c2cc(-c3ccco3)nc3ccccc23)c1. The molecule has 156 valence electrons. The second-order valence-electron chi connectivity index (χ2n) is 6.75. The Morgan fingerprint density at radius 2 is 1.90 bits per heavy atom. The number of furan rings is 1. The fourth-order valence-electron chi connectivity index (χ4n) is 3.14. The number of rotatable bonds is 7. The van der Waals surface area contributed by atoms with Crippen molar-refractivity contribution in [1.29, 1.82) is 0 Å². The number of ether oxygens (including phenoxy) is 2. The molecule has 0 bridgehead atoms. The van der Waals surface area contributed by atoms with Crippen molar-refractivity contribution in [2.24, 2.45) is 0 Å². The highest BCUT2D eigenvalue weighted by atomic mass is 16.5. The lowest BCUT2D eigenvalue weighted by Crippen LogP contribution is -2.28. The molecule has 0 unspecified atom stereocenters. The standard InChI is InChI=1S/C24H20N2O5/c1-29-17-7-4-6-16(12-17)14-25-23(27)15-31-24(28)19-13-21(22-10-5-11-30-22)26-20-9-3-2-8-18(19)20/h2-13H,14-15H2,1H3,(H,25,27). The molecule has 4 rings (SSSR count). The number of nitrogens with zero attached hydrogens (tertiary/aromatic N) is 1. The Morgan fingerprint density at radius 3 is 2.71 bits per heavy atom. The number of esters is 1. The first kappa shape index (κ1) is 20.2. The lowest BCUT2D eigenvalue weighted by molar-refractivity contribution is -0.124. The molecule has 2 aromatic carbocycles. The zero-order chi connectivity index (χ0) is 21.6. The van der Waals surface area contributed by atoms with E-state index in [0.29, 0.717) is 40.2 Å². The number of nitrogens with one attached hydrogen (secondary N) is 1. The van der Waals surface area contributed by atoms with Crippen LogP contribution in [0.3, 0.4) is 0 Å². The van der Waals surface area contributed by atoms with Gasteiger partial charge in [-0.05, 0) is 42.0 Å². The van der Waals surface area contributed by atoms with Crippen LogP contribution in [0.2, 0.25) is 0 Å². The van der Waals surface area contributed by atoms with E-state index in [1.165, 1.54) is 6.26 Å². The molecule has 0 radical (unpaired) electrons. The second kappa shape index (κ2) is 9.13. The van der Waals surface area contributed by atoms with Crippen molar-refractivity contribution in [2.45, 2.75) is 6.54 Å². The number of aromatic nitrogens is 1. The van der Waals surface area contributed by atoms with Gasteiger partial charge in [0, 0.05) is 11.9 Å². The Hall–Kier alpha value is -4.13. The van der Waals surface area contributed by atoms with E-state index < -0.39 is 18.5 Å². The van der Waals surface area contributed by atoms with Gasteiger partial charge in [-0.3, -0.25) is 4.79 Å². The number of fused-ring (bicyclic) bond motifs is 1. The minimum Gasteiger partial charge on any atom is -0.497 e. The highest BCUT2D eigenvalue weighted by Crippen LogP contribution is 2.25. The van der Waals surface area contributed by atoms with Crippen LogP contribution in [0.1, 0.15) is 15.9 Å². The van der Waals surface area contributed by atoms with Gasteiger partial charge in [0.1, 0.15) is 11.4 Å². The number of hydrogen-bond acceptors (Lipinski definition) is 6. The summed E-state index contributed by atoms with van der Waals surface area (Å²) in [4.78, 5) is 29.5. The summed E-state index contributed by atoms with van der Waals surface area (Å²) >= 11 is 0. The summed E-state index contributed by atoms with van der Waals surface area (Å²) < 4.78 is 15.8. The van der Waals surface area contributed by atoms with Gasteiger partial charge in [-0.15, -0.1) is 0 Å². The van der Waals surface area contributed by atoms with E-state index in [9.17, 15) is 9.59 Å². The third-order valence-electron chi connectivity index (χ3n) is 4.67. The van der Waals surface area contributed by atoms with Gasteiger partial charge in [-0.1, -0.05) is 30.3 Å². The number of benzene rings is 2. The van der Waals surface area contributed by atoms with E-state index in [2.05, 4.69) is 10.3 Å². The van der Waals surface area contributed by atoms with E-state index in [-0.39, 0.29) is 0 Å². The Bertz CT molecular complexity index is 1220. The minimum absolute atomic E-state index is 0.300. The van der Waals surface area contributed by atoms with Crippen LogP contribution in [-0.4, -0.2) is 30.6 Å². The molecule has 1 N–H and O–H groups in total. The number of methoxy groups -OCH3 is 1. The zero-order valence-corrected chi connectivity index (χ0v) is 16.8. The van der Waals surface area contributed by atoms with Gasteiger partial charge in [0.25, 0.3) is 5.91 Å². The van der Waals surface area contributed by atoms with Crippen LogP contribution in [0.25, 0.3) is 22.4 Å². The summed E-state index contributed by atoms with van der Waals surface area (Å²) in [7, 11) is 1.58. The van der Waals surface area contributed by atoms with Crippen molar-refractivity contribution in [3.63, 3.8) is 0 Å². The molecular formula is C24H20N2O5. The maximum absolute atomic E-state index is 12.8. The van der Waals surface area contributed by atoms with Crippen molar-refractivity contribution >= 4 is 22.8 Å². The Morgan fingerprint density at radius 1 is 1.03 bits per heavy atom. The summed E-state index contributed by atoms with van der Waals surface area (Å²) in [5.41, 5.74) is 2.34. The molecular weight excluding hydrogens is 396 g/mol. The third-order valence-corrected chi connectivity index (χ3v) is 4.67. The van der Waals surface area contributed by atoms with Gasteiger partial charge >= 0.3 is 5.97 Å². The number of carbonyl (C=O) groups excluding carboxylic acids is 2. The number of hydrogen-bond donors (Lipinski definition) is 1. The number of amides is 1. The largest absolute Gasteiger partial charge is 0.497 e. The number of carbonyl (C=O) groups is 2. The first-order valence-electron chi connectivity index (χ1n) is 9.64. The fraction of sp³-hybridized carbons (Fsp3) is 0.125. The molecule has 0 aliphatic rings. The lowest BCUT2D eigenvalue weighted by atomic mass is 10.1. The van der Waals surface area contributed by atoms with Crippen molar-refractivity contribution in [3.8, 4) is 17.2 Å². The molecule has 4 aromatic rings. The predicted molar refractivity (Wildman–Crippen MR) is 115 cm³/mol.